The number of carboxylic acids is 1. The van der Waals surface area contributed by atoms with E-state index < -0.39 is 5.97 Å². The first kappa shape index (κ1) is 15.1. The average Bonchev–Trinajstić information content (AvgIpc) is 2.53. The molecule has 1 atom stereocenters. The molecule has 2 aromatic carbocycles. The number of nitrogens with one attached hydrogen (secondary N) is 1. The van der Waals surface area contributed by atoms with Crippen molar-refractivity contribution in [2.45, 2.75) is 19.5 Å². The predicted molar refractivity (Wildman–Crippen MR) is 81.7 cm³/mol. The fraction of sp³-hybridized carbons (Fsp3) is 0.235. The summed E-state index contributed by atoms with van der Waals surface area (Å²) in [6.07, 6.45) is 0. The number of carboxylic acid groups (broad SMARTS) is 1. The minimum absolute atomic E-state index is 0.204. The number of ether oxygens (including phenoxy) is 1. The molecule has 0 saturated heterocycles. The van der Waals surface area contributed by atoms with E-state index in [0.717, 1.165) is 11.3 Å². The van der Waals surface area contributed by atoms with Gasteiger partial charge < -0.3 is 15.2 Å². The summed E-state index contributed by atoms with van der Waals surface area (Å²) in [4.78, 5) is 10.8. The van der Waals surface area contributed by atoms with Crippen LogP contribution in [0.5, 0.6) is 5.75 Å². The number of rotatable bonds is 6. The molecule has 0 heterocycles. The molecule has 21 heavy (non-hydrogen) atoms. The molecule has 0 radical (unpaired) electrons. The number of methoxy groups -OCH3 is 1. The van der Waals surface area contributed by atoms with E-state index in [4.69, 9.17) is 9.84 Å². The molecule has 0 bridgehead atoms. The second-order valence-electron chi connectivity index (χ2n) is 4.88. The zero-order valence-corrected chi connectivity index (χ0v) is 12.2. The molecule has 2 N–H and O–H groups in total. The lowest BCUT2D eigenvalue weighted by atomic mass is 10.1. The highest BCUT2D eigenvalue weighted by atomic mass is 16.5. The van der Waals surface area contributed by atoms with Gasteiger partial charge in [0.1, 0.15) is 5.75 Å². The van der Waals surface area contributed by atoms with Crippen molar-refractivity contribution in [3.8, 4) is 5.75 Å². The van der Waals surface area contributed by atoms with Crippen LogP contribution in [0.25, 0.3) is 0 Å². The van der Waals surface area contributed by atoms with Crippen molar-refractivity contribution in [2.75, 3.05) is 7.11 Å². The molecule has 0 aliphatic heterocycles. The van der Waals surface area contributed by atoms with Gasteiger partial charge in [-0.2, -0.15) is 0 Å². The Morgan fingerprint density at radius 2 is 1.76 bits per heavy atom. The predicted octanol–water partition coefficient (Wildman–Crippen LogP) is 3.24. The molecule has 1 unspecified atom stereocenters. The Kier molecular flexibility index (Phi) is 4.95. The highest BCUT2D eigenvalue weighted by Gasteiger charge is 2.06. The van der Waals surface area contributed by atoms with Gasteiger partial charge in [0.25, 0.3) is 0 Å². The minimum atomic E-state index is -0.902. The Morgan fingerprint density at radius 1 is 1.14 bits per heavy atom. The van der Waals surface area contributed by atoms with Crippen LogP contribution in [0, 0.1) is 0 Å². The molecule has 0 spiro atoms. The summed E-state index contributed by atoms with van der Waals surface area (Å²) in [5.41, 5.74) is 2.54. The average molecular weight is 285 g/mol. The van der Waals surface area contributed by atoms with Crippen LogP contribution in [0.4, 0.5) is 0 Å². The van der Waals surface area contributed by atoms with E-state index in [-0.39, 0.29) is 6.04 Å². The standard InChI is InChI=1S/C17H19NO3/c1-12(14-7-9-16(21-2)10-8-14)18-11-13-3-5-15(6-4-13)17(19)20/h3-10,12,18H,11H2,1-2H3,(H,19,20). The second kappa shape index (κ2) is 6.90. The third-order valence-corrected chi connectivity index (χ3v) is 3.43. The van der Waals surface area contributed by atoms with Crippen LogP contribution in [0.1, 0.15) is 34.5 Å². The maximum atomic E-state index is 10.8. The molecule has 2 rings (SSSR count). The number of benzene rings is 2. The Hall–Kier alpha value is -2.33. The number of hydrogen-bond acceptors (Lipinski definition) is 3. The number of hydrogen-bond donors (Lipinski definition) is 2. The largest absolute Gasteiger partial charge is 0.497 e. The van der Waals surface area contributed by atoms with Gasteiger partial charge in [-0.15, -0.1) is 0 Å². The van der Waals surface area contributed by atoms with Crippen molar-refractivity contribution in [1.82, 2.24) is 5.32 Å². The van der Waals surface area contributed by atoms with Crippen LogP contribution < -0.4 is 10.1 Å². The van der Waals surface area contributed by atoms with Crippen LogP contribution in [0.3, 0.4) is 0 Å². The van der Waals surface area contributed by atoms with E-state index in [1.54, 1.807) is 19.2 Å². The summed E-state index contributed by atoms with van der Waals surface area (Å²) in [5, 5.41) is 12.3. The number of aromatic carboxylic acids is 1. The maximum Gasteiger partial charge on any atom is 0.335 e. The highest BCUT2D eigenvalue weighted by Crippen LogP contribution is 2.17. The molecule has 0 fully saturated rings. The van der Waals surface area contributed by atoms with E-state index >= 15 is 0 Å². The summed E-state index contributed by atoms with van der Waals surface area (Å²) in [5.74, 6) is -0.0590. The number of carbonyl (C=O) groups is 1. The molecule has 0 amide bonds. The Bertz CT molecular complexity index is 590. The Morgan fingerprint density at radius 3 is 2.29 bits per heavy atom. The molecule has 0 aromatic heterocycles. The van der Waals surface area contributed by atoms with Crippen molar-refractivity contribution >= 4 is 5.97 Å². The fourth-order valence-electron chi connectivity index (χ4n) is 2.05. The van der Waals surface area contributed by atoms with Gasteiger partial charge in [0, 0.05) is 12.6 Å². The van der Waals surface area contributed by atoms with Crippen molar-refractivity contribution in [2.24, 2.45) is 0 Å². The lowest BCUT2D eigenvalue weighted by Gasteiger charge is -2.15. The lowest BCUT2D eigenvalue weighted by Crippen LogP contribution is -2.18. The molecular weight excluding hydrogens is 266 g/mol. The molecule has 0 saturated carbocycles. The maximum absolute atomic E-state index is 10.8. The Labute approximate surface area is 124 Å². The van der Waals surface area contributed by atoms with Gasteiger partial charge in [-0.05, 0) is 42.3 Å². The third kappa shape index (κ3) is 4.07. The van der Waals surface area contributed by atoms with Crippen LogP contribution in [-0.2, 0) is 6.54 Å². The van der Waals surface area contributed by atoms with E-state index in [0.29, 0.717) is 12.1 Å². The van der Waals surface area contributed by atoms with Crippen LogP contribution in [-0.4, -0.2) is 18.2 Å². The highest BCUT2D eigenvalue weighted by molar-refractivity contribution is 5.87. The Balaban J connectivity index is 1.93. The minimum Gasteiger partial charge on any atom is -0.497 e. The fourth-order valence-corrected chi connectivity index (χ4v) is 2.05. The van der Waals surface area contributed by atoms with Gasteiger partial charge in [-0.1, -0.05) is 24.3 Å². The first-order valence-corrected chi connectivity index (χ1v) is 6.79. The smallest absolute Gasteiger partial charge is 0.335 e. The van der Waals surface area contributed by atoms with Crippen LogP contribution >= 0.6 is 0 Å². The van der Waals surface area contributed by atoms with Gasteiger partial charge in [-0.3, -0.25) is 0 Å². The first-order valence-electron chi connectivity index (χ1n) is 6.79. The van der Waals surface area contributed by atoms with E-state index in [1.165, 1.54) is 5.56 Å². The zero-order chi connectivity index (χ0) is 15.2. The molecular formula is C17H19NO3. The van der Waals surface area contributed by atoms with Crippen molar-refractivity contribution in [3.63, 3.8) is 0 Å². The summed E-state index contributed by atoms with van der Waals surface area (Å²) in [7, 11) is 1.65. The monoisotopic (exact) mass is 285 g/mol. The van der Waals surface area contributed by atoms with Crippen molar-refractivity contribution < 1.29 is 14.6 Å². The van der Waals surface area contributed by atoms with Gasteiger partial charge in [0.05, 0.1) is 12.7 Å². The molecule has 0 aliphatic rings. The first-order chi connectivity index (χ1) is 10.1. The SMILES string of the molecule is COc1ccc(C(C)NCc2ccc(C(=O)O)cc2)cc1. The topological polar surface area (TPSA) is 58.6 Å². The van der Waals surface area contributed by atoms with Gasteiger partial charge >= 0.3 is 5.97 Å². The normalized spacial score (nSPS) is 11.9. The lowest BCUT2D eigenvalue weighted by molar-refractivity contribution is 0.0697. The van der Waals surface area contributed by atoms with Gasteiger partial charge in [0.15, 0.2) is 0 Å². The van der Waals surface area contributed by atoms with Gasteiger partial charge in [0.2, 0.25) is 0 Å². The third-order valence-electron chi connectivity index (χ3n) is 3.43. The molecule has 110 valence electrons. The molecule has 4 nitrogen and oxygen atoms in total. The van der Waals surface area contributed by atoms with Crippen molar-refractivity contribution in [1.29, 1.82) is 0 Å². The van der Waals surface area contributed by atoms with Crippen LogP contribution in [0.15, 0.2) is 48.5 Å². The van der Waals surface area contributed by atoms with E-state index in [2.05, 4.69) is 12.2 Å². The molecule has 0 aliphatic carbocycles. The summed E-state index contributed by atoms with van der Waals surface area (Å²) >= 11 is 0. The summed E-state index contributed by atoms with van der Waals surface area (Å²) < 4.78 is 5.14. The quantitative estimate of drug-likeness (QED) is 0.855. The van der Waals surface area contributed by atoms with Gasteiger partial charge in [-0.25, -0.2) is 4.79 Å². The molecule has 2 aromatic rings. The molecule has 4 heteroatoms. The van der Waals surface area contributed by atoms with E-state index in [1.807, 2.05) is 36.4 Å². The summed E-state index contributed by atoms with van der Waals surface area (Å²) in [6, 6.07) is 15.1. The summed E-state index contributed by atoms with van der Waals surface area (Å²) in [6.45, 7) is 2.78. The van der Waals surface area contributed by atoms with Crippen molar-refractivity contribution in [3.05, 3.63) is 65.2 Å². The van der Waals surface area contributed by atoms with E-state index in [9.17, 15) is 4.79 Å². The second-order valence-corrected chi connectivity index (χ2v) is 4.88. The van der Waals surface area contributed by atoms with Crippen LogP contribution in [0.2, 0.25) is 0 Å². The zero-order valence-electron chi connectivity index (χ0n) is 12.2.